The molecule has 142 valence electrons. The first-order valence-electron chi connectivity index (χ1n) is 9.47. The fourth-order valence-electron chi connectivity index (χ4n) is 3.40. The van der Waals surface area contributed by atoms with Gasteiger partial charge in [0.2, 0.25) is 0 Å². The van der Waals surface area contributed by atoms with E-state index in [0.717, 1.165) is 50.2 Å². The van der Waals surface area contributed by atoms with Crippen LogP contribution in [0.5, 0.6) is 5.75 Å². The van der Waals surface area contributed by atoms with Crippen molar-refractivity contribution >= 4 is 11.0 Å². The van der Waals surface area contributed by atoms with Crippen LogP contribution in [0.3, 0.4) is 0 Å². The van der Waals surface area contributed by atoms with Crippen molar-refractivity contribution in [3.8, 4) is 17.1 Å². The summed E-state index contributed by atoms with van der Waals surface area (Å²) in [5.41, 5.74) is 2.53. The van der Waals surface area contributed by atoms with Crippen LogP contribution in [0.4, 0.5) is 4.39 Å². The third kappa shape index (κ3) is 4.28. The molecular weight excluding hydrogens is 343 g/mol. The number of hydrogen-bond acceptors (Lipinski definition) is 4. The Morgan fingerprint density at radius 3 is 2.70 bits per heavy atom. The van der Waals surface area contributed by atoms with Crippen molar-refractivity contribution in [3.63, 3.8) is 0 Å². The lowest BCUT2D eigenvalue weighted by atomic mass is 10.2. The minimum absolute atomic E-state index is 0.299. The standard InChI is InChI=1S/C21H25FN4O/c1-25-10-12-26(13-11-25)9-4-14-27-20-8-7-16(15-17(20)22)21-23-18-5-2-3-6-19(18)24-21/h2-3,5-8,15H,4,9-14H2,1H3,(H,23,24). The Morgan fingerprint density at radius 2 is 1.93 bits per heavy atom. The molecule has 1 aromatic heterocycles. The Kier molecular flexibility index (Phi) is 5.36. The number of aromatic amines is 1. The highest BCUT2D eigenvalue weighted by Crippen LogP contribution is 2.25. The third-order valence-corrected chi connectivity index (χ3v) is 5.07. The van der Waals surface area contributed by atoms with Gasteiger partial charge in [0, 0.05) is 38.3 Å². The number of likely N-dealkylation sites (N-methyl/N-ethyl adjacent to an activating group) is 1. The average Bonchev–Trinajstić information content (AvgIpc) is 3.12. The number of imidazole rings is 1. The normalized spacial score (nSPS) is 16.1. The fourth-order valence-corrected chi connectivity index (χ4v) is 3.40. The average molecular weight is 368 g/mol. The molecule has 0 saturated carbocycles. The molecule has 27 heavy (non-hydrogen) atoms. The minimum atomic E-state index is -0.354. The van der Waals surface area contributed by atoms with Crippen LogP contribution in [-0.4, -0.2) is 66.1 Å². The van der Waals surface area contributed by atoms with Crippen LogP contribution in [0.15, 0.2) is 42.5 Å². The molecule has 0 spiro atoms. The summed E-state index contributed by atoms with van der Waals surface area (Å²) in [7, 11) is 2.15. The van der Waals surface area contributed by atoms with Crippen molar-refractivity contribution in [1.29, 1.82) is 0 Å². The number of para-hydroxylation sites is 2. The fraction of sp³-hybridized carbons (Fsp3) is 0.381. The maximum Gasteiger partial charge on any atom is 0.165 e. The third-order valence-electron chi connectivity index (χ3n) is 5.07. The van der Waals surface area contributed by atoms with Gasteiger partial charge in [0.05, 0.1) is 17.6 Å². The molecule has 0 unspecified atom stereocenters. The number of hydrogen-bond donors (Lipinski definition) is 1. The zero-order chi connectivity index (χ0) is 18.6. The zero-order valence-corrected chi connectivity index (χ0v) is 15.6. The van der Waals surface area contributed by atoms with E-state index in [1.165, 1.54) is 6.07 Å². The smallest absolute Gasteiger partial charge is 0.165 e. The Bertz CT molecular complexity index is 869. The van der Waals surface area contributed by atoms with Gasteiger partial charge in [-0.25, -0.2) is 9.37 Å². The van der Waals surface area contributed by atoms with Crippen molar-refractivity contribution in [2.45, 2.75) is 6.42 Å². The first kappa shape index (κ1) is 17.9. The number of benzene rings is 2. The van der Waals surface area contributed by atoms with Crippen molar-refractivity contribution < 1.29 is 9.13 Å². The molecule has 0 amide bonds. The molecule has 0 bridgehead atoms. The molecule has 3 aromatic rings. The van der Waals surface area contributed by atoms with E-state index in [-0.39, 0.29) is 5.82 Å². The first-order chi connectivity index (χ1) is 13.2. The lowest BCUT2D eigenvalue weighted by molar-refractivity contribution is 0.145. The topological polar surface area (TPSA) is 44.4 Å². The van der Waals surface area contributed by atoms with Crippen LogP contribution >= 0.6 is 0 Å². The minimum Gasteiger partial charge on any atom is -0.490 e. The maximum absolute atomic E-state index is 14.4. The van der Waals surface area contributed by atoms with Gasteiger partial charge in [0.15, 0.2) is 11.6 Å². The number of H-pyrrole nitrogens is 1. The molecule has 4 rings (SSSR count). The van der Waals surface area contributed by atoms with Crippen LogP contribution < -0.4 is 4.74 Å². The summed E-state index contributed by atoms with van der Waals surface area (Å²) in [6, 6.07) is 12.8. The maximum atomic E-state index is 14.4. The summed E-state index contributed by atoms with van der Waals surface area (Å²) < 4.78 is 20.1. The Hall–Kier alpha value is -2.44. The molecule has 1 fully saturated rings. The van der Waals surface area contributed by atoms with Crippen LogP contribution in [0, 0.1) is 5.82 Å². The molecule has 1 N–H and O–H groups in total. The van der Waals surface area contributed by atoms with E-state index in [1.54, 1.807) is 6.07 Å². The van der Waals surface area contributed by atoms with E-state index in [4.69, 9.17) is 4.74 Å². The van der Waals surface area contributed by atoms with Gasteiger partial charge in [-0.2, -0.15) is 0 Å². The molecule has 0 radical (unpaired) electrons. The van der Waals surface area contributed by atoms with Gasteiger partial charge in [-0.05, 0) is 43.8 Å². The molecule has 0 aliphatic carbocycles. The molecule has 5 nitrogen and oxygen atoms in total. The SMILES string of the molecule is CN1CCN(CCCOc2ccc(-c3nc4ccccc4[nH]3)cc2F)CC1. The second-order valence-corrected chi connectivity index (χ2v) is 7.09. The number of nitrogens with zero attached hydrogens (tertiary/aromatic N) is 3. The van der Waals surface area contributed by atoms with E-state index in [1.807, 2.05) is 30.3 Å². The molecule has 2 aromatic carbocycles. The molecule has 1 aliphatic rings. The van der Waals surface area contributed by atoms with Crippen molar-refractivity contribution in [3.05, 3.63) is 48.3 Å². The zero-order valence-electron chi connectivity index (χ0n) is 15.6. The number of piperazine rings is 1. The molecule has 1 saturated heterocycles. The number of rotatable bonds is 6. The van der Waals surface area contributed by atoms with Gasteiger partial charge in [0.25, 0.3) is 0 Å². The second kappa shape index (κ2) is 8.06. The summed E-state index contributed by atoms with van der Waals surface area (Å²) >= 11 is 0. The number of nitrogens with one attached hydrogen (secondary N) is 1. The summed E-state index contributed by atoms with van der Waals surface area (Å²) in [5, 5.41) is 0. The van der Waals surface area contributed by atoms with Gasteiger partial charge in [0.1, 0.15) is 5.82 Å². The van der Waals surface area contributed by atoms with Gasteiger partial charge in [-0.15, -0.1) is 0 Å². The lowest BCUT2D eigenvalue weighted by Gasteiger charge is -2.32. The van der Waals surface area contributed by atoms with Crippen LogP contribution in [-0.2, 0) is 0 Å². The summed E-state index contributed by atoms with van der Waals surface area (Å²) in [6.45, 7) is 5.92. The van der Waals surface area contributed by atoms with E-state index in [2.05, 4.69) is 26.8 Å². The number of halogens is 1. The Labute approximate surface area is 158 Å². The van der Waals surface area contributed by atoms with Crippen molar-refractivity contribution in [2.24, 2.45) is 0 Å². The van der Waals surface area contributed by atoms with E-state index in [9.17, 15) is 4.39 Å². The van der Waals surface area contributed by atoms with E-state index < -0.39 is 0 Å². The van der Waals surface area contributed by atoms with Crippen molar-refractivity contribution in [1.82, 2.24) is 19.8 Å². The molecule has 0 atom stereocenters. The first-order valence-corrected chi connectivity index (χ1v) is 9.47. The number of ether oxygens (including phenoxy) is 1. The van der Waals surface area contributed by atoms with Gasteiger partial charge in [-0.1, -0.05) is 12.1 Å². The summed E-state index contributed by atoms with van der Waals surface area (Å²) in [5.74, 6) is 0.609. The quantitative estimate of drug-likeness (QED) is 0.678. The van der Waals surface area contributed by atoms with Crippen molar-refractivity contribution in [2.75, 3.05) is 46.4 Å². The highest BCUT2D eigenvalue weighted by Gasteiger charge is 2.13. The summed E-state index contributed by atoms with van der Waals surface area (Å²) in [6.07, 6.45) is 0.897. The van der Waals surface area contributed by atoms with Crippen LogP contribution in [0.2, 0.25) is 0 Å². The largest absolute Gasteiger partial charge is 0.490 e. The number of aromatic nitrogens is 2. The van der Waals surface area contributed by atoms with E-state index in [0.29, 0.717) is 23.7 Å². The molecular formula is C21H25FN4O. The Balaban J connectivity index is 1.33. The van der Waals surface area contributed by atoms with Gasteiger partial charge >= 0.3 is 0 Å². The van der Waals surface area contributed by atoms with Crippen LogP contribution in [0.1, 0.15) is 6.42 Å². The summed E-state index contributed by atoms with van der Waals surface area (Å²) in [4.78, 5) is 12.5. The van der Waals surface area contributed by atoms with Gasteiger partial charge < -0.3 is 19.5 Å². The Morgan fingerprint density at radius 1 is 1.11 bits per heavy atom. The predicted molar refractivity (Wildman–Crippen MR) is 106 cm³/mol. The monoisotopic (exact) mass is 368 g/mol. The second-order valence-electron chi connectivity index (χ2n) is 7.09. The molecule has 2 heterocycles. The predicted octanol–water partition coefficient (Wildman–Crippen LogP) is 3.39. The molecule has 1 aliphatic heterocycles. The molecule has 6 heteroatoms. The number of fused-ring (bicyclic) bond motifs is 1. The highest BCUT2D eigenvalue weighted by molar-refractivity contribution is 5.79. The van der Waals surface area contributed by atoms with Crippen LogP contribution in [0.25, 0.3) is 22.4 Å². The lowest BCUT2D eigenvalue weighted by Crippen LogP contribution is -2.44. The van der Waals surface area contributed by atoms with E-state index >= 15 is 0 Å². The highest BCUT2D eigenvalue weighted by atomic mass is 19.1. The van der Waals surface area contributed by atoms with Gasteiger partial charge in [-0.3, -0.25) is 0 Å².